The number of aliphatic hydroxyl groups is 1. The Bertz CT molecular complexity index is 411. The third kappa shape index (κ3) is 6.36. The first-order chi connectivity index (χ1) is 8.78. The summed E-state index contributed by atoms with van der Waals surface area (Å²) in [5.74, 6) is -0.0668. The SMILES string of the molecule is Cc1ccc(CC(=O)NCC(C)(O)CN(C)C)cc1. The second-order valence-electron chi connectivity index (χ2n) is 5.67. The largest absolute Gasteiger partial charge is 0.387 e. The van der Waals surface area contributed by atoms with Crippen molar-refractivity contribution in [1.29, 1.82) is 0 Å². The average Bonchev–Trinajstić information content (AvgIpc) is 2.28. The highest BCUT2D eigenvalue weighted by atomic mass is 16.3. The summed E-state index contributed by atoms with van der Waals surface area (Å²) in [6.45, 7) is 4.51. The maximum atomic E-state index is 11.8. The molecule has 0 fully saturated rings. The van der Waals surface area contributed by atoms with Gasteiger partial charge in [-0.15, -0.1) is 0 Å². The lowest BCUT2D eigenvalue weighted by Crippen LogP contribution is -2.47. The van der Waals surface area contributed by atoms with Gasteiger partial charge in [0, 0.05) is 13.1 Å². The van der Waals surface area contributed by atoms with Gasteiger partial charge < -0.3 is 15.3 Å². The predicted molar refractivity (Wildman–Crippen MR) is 77.1 cm³/mol. The highest BCUT2D eigenvalue weighted by Gasteiger charge is 2.21. The number of nitrogens with zero attached hydrogens (tertiary/aromatic N) is 1. The van der Waals surface area contributed by atoms with E-state index in [1.165, 1.54) is 5.56 Å². The van der Waals surface area contributed by atoms with Crippen LogP contribution in [-0.2, 0) is 11.2 Å². The minimum Gasteiger partial charge on any atom is -0.387 e. The predicted octanol–water partition coefficient (Wildman–Crippen LogP) is 0.966. The molecule has 1 aromatic rings. The van der Waals surface area contributed by atoms with Crippen molar-refractivity contribution < 1.29 is 9.90 Å². The van der Waals surface area contributed by atoms with Crippen LogP contribution in [0, 0.1) is 6.92 Å². The maximum Gasteiger partial charge on any atom is 0.224 e. The first-order valence-electron chi connectivity index (χ1n) is 6.48. The fourth-order valence-corrected chi connectivity index (χ4v) is 1.98. The third-order valence-electron chi connectivity index (χ3n) is 2.81. The maximum absolute atomic E-state index is 11.8. The second-order valence-corrected chi connectivity index (χ2v) is 5.67. The number of likely N-dealkylation sites (N-methyl/N-ethyl adjacent to an activating group) is 1. The normalized spacial score (nSPS) is 14.2. The van der Waals surface area contributed by atoms with Crippen LogP contribution in [-0.4, -0.2) is 48.7 Å². The second kappa shape index (κ2) is 6.68. The van der Waals surface area contributed by atoms with E-state index in [0.717, 1.165) is 5.56 Å². The van der Waals surface area contributed by atoms with Crippen molar-refractivity contribution in [3.8, 4) is 0 Å². The van der Waals surface area contributed by atoms with Gasteiger partial charge in [-0.1, -0.05) is 29.8 Å². The van der Waals surface area contributed by atoms with Crippen LogP contribution in [0.2, 0.25) is 0 Å². The topological polar surface area (TPSA) is 52.6 Å². The zero-order chi connectivity index (χ0) is 14.5. The number of rotatable bonds is 6. The molecular formula is C15H24N2O2. The van der Waals surface area contributed by atoms with Crippen molar-refractivity contribution in [3.63, 3.8) is 0 Å². The number of hydrogen-bond donors (Lipinski definition) is 2. The molecule has 0 spiro atoms. The van der Waals surface area contributed by atoms with Gasteiger partial charge >= 0.3 is 0 Å². The molecule has 1 aromatic carbocycles. The fraction of sp³-hybridized carbons (Fsp3) is 0.533. The summed E-state index contributed by atoms with van der Waals surface area (Å²) in [5, 5.41) is 12.9. The van der Waals surface area contributed by atoms with Crippen LogP contribution in [0.25, 0.3) is 0 Å². The number of carbonyl (C=O) groups is 1. The molecule has 0 radical (unpaired) electrons. The number of aryl methyl sites for hydroxylation is 1. The Labute approximate surface area is 115 Å². The highest BCUT2D eigenvalue weighted by molar-refractivity contribution is 5.78. The number of benzene rings is 1. The van der Waals surface area contributed by atoms with Crippen molar-refractivity contribution >= 4 is 5.91 Å². The molecule has 1 unspecified atom stereocenters. The van der Waals surface area contributed by atoms with Gasteiger partial charge in [-0.3, -0.25) is 4.79 Å². The lowest BCUT2D eigenvalue weighted by atomic mass is 10.1. The molecule has 0 saturated carbocycles. The number of carbonyl (C=O) groups excluding carboxylic acids is 1. The molecule has 4 nitrogen and oxygen atoms in total. The minimum absolute atomic E-state index is 0.0668. The fourth-order valence-electron chi connectivity index (χ4n) is 1.98. The van der Waals surface area contributed by atoms with Gasteiger partial charge in [0.05, 0.1) is 12.0 Å². The lowest BCUT2D eigenvalue weighted by Gasteiger charge is -2.27. The Morgan fingerprint density at radius 3 is 2.42 bits per heavy atom. The van der Waals surface area contributed by atoms with Gasteiger partial charge in [0.15, 0.2) is 0 Å². The molecule has 2 N–H and O–H groups in total. The third-order valence-corrected chi connectivity index (χ3v) is 2.81. The Kier molecular flexibility index (Phi) is 5.51. The van der Waals surface area contributed by atoms with Crippen LogP contribution < -0.4 is 5.32 Å². The van der Waals surface area contributed by atoms with Gasteiger partial charge in [-0.2, -0.15) is 0 Å². The molecular weight excluding hydrogens is 240 g/mol. The van der Waals surface area contributed by atoms with Gasteiger partial charge in [0.25, 0.3) is 0 Å². The summed E-state index contributed by atoms with van der Waals surface area (Å²) in [6, 6.07) is 7.88. The van der Waals surface area contributed by atoms with E-state index >= 15 is 0 Å². The summed E-state index contributed by atoms with van der Waals surface area (Å²) < 4.78 is 0. The van der Waals surface area contributed by atoms with E-state index in [1.54, 1.807) is 6.92 Å². The summed E-state index contributed by atoms with van der Waals surface area (Å²) >= 11 is 0. The molecule has 1 amide bonds. The van der Waals surface area contributed by atoms with Crippen molar-refractivity contribution in [1.82, 2.24) is 10.2 Å². The molecule has 0 aliphatic heterocycles. The first kappa shape index (κ1) is 15.7. The standard InChI is InChI=1S/C15H24N2O2/c1-12-5-7-13(8-6-12)9-14(18)16-10-15(2,19)11-17(3)4/h5-8,19H,9-11H2,1-4H3,(H,16,18). The van der Waals surface area contributed by atoms with Crippen molar-refractivity contribution in [2.75, 3.05) is 27.2 Å². The van der Waals surface area contributed by atoms with E-state index in [-0.39, 0.29) is 12.5 Å². The van der Waals surface area contributed by atoms with Crippen LogP contribution in [0.15, 0.2) is 24.3 Å². The van der Waals surface area contributed by atoms with E-state index in [1.807, 2.05) is 50.2 Å². The molecule has 0 heterocycles. The van der Waals surface area contributed by atoms with Crippen LogP contribution in [0.1, 0.15) is 18.1 Å². The molecule has 1 rings (SSSR count). The molecule has 1 atom stereocenters. The molecule has 0 bridgehead atoms. The molecule has 106 valence electrons. The zero-order valence-electron chi connectivity index (χ0n) is 12.2. The smallest absolute Gasteiger partial charge is 0.224 e. The molecule has 0 aromatic heterocycles. The number of nitrogens with one attached hydrogen (secondary N) is 1. The van der Waals surface area contributed by atoms with Crippen LogP contribution >= 0.6 is 0 Å². The van der Waals surface area contributed by atoms with Crippen molar-refractivity contribution in [2.45, 2.75) is 25.9 Å². The average molecular weight is 264 g/mol. The summed E-state index contributed by atoms with van der Waals surface area (Å²) in [6.07, 6.45) is 0.346. The van der Waals surface area contributed by atoms with Crippen LogP contribution in [0.5, 0.6) is 0 Å². The van der Waals surface area contributed by atoms with Gasteiger partial charge in [0.2, 0.25) is 5.91 Å². The van der Waals surface area contributed by atoms with Crippen molar-refractivity contribution in [2.24, 2.45) is 0 Å². The van der Waals surface area contributed by atoms with E-state index < -0.39 is 5.60 Å². The minimum atomic E-state index is -0.910. The summed E-state index contributed by atoms with van der Waals surface area (Å²) in [5.41, 5.74) is 1.25. The molecule has 0 aliphatic carbocycles. The van der Waals surface area contributed by atoms with E-state index in [2.05, 4.69) is 5.32 Å². The number of amides is 1. The highest BCUT2D eigenvalue weighted by Crippen LogP contribution is 2.05. The number of hydrogen-bond acceptors (Lipinski definition) is 3. The molecule has 19 heavy (non-hydrogen) atoms. The van der Waals surface area contributed by atoms with Gasteiger partial charge in [-0.25, -0.2) is 0 Å². The Morgan fingerprint density at radius 2 is 1.89 bits per heavy atom. The molecule has 0 saturated heterocycles. The molecule has 0 aliphatic rings. The summed E-state index contributed by atoms with van der Waals surface area (Å²) in [7, 11) is 3.78. The zero-order valence-corrected chi connectivity index (χ0v) is 12.2. The van der Waals surface area contributed by atoms with Crippen LogP contribution in [0.3, 0.4) is 0 Å². The molecule has 4 heteroatoms. The van der Waals surface area contributed by atoms with E-state index in [0.29, 0.717) is 13.0 Å². The first-order valence-corrected chi connectivity index (χ1v) is 6.48. The Hall–Kier alpha value is -1.39. The lowest BCUT2D eigenvalue weighted by molar-refractivity contribution is -0.121. The van der Waals surface area contributed by atoms with Crippen LogP contribution in [0.4, 0.5) is 0 Å². The summed E-state index contributed by atoms with van der Waals surface area (Å²) in [4.78, 5) is 13.7. The van der Waals surface area contributed by atoms with Crippen molar-refractivity contribution in [3.05, 3.63) is 35.4 Å². The Morgan fingerprint density at radius 1 is 1.32 bits per heavy atom. The quantitative estimate of drug-likeness (QED) is 0.805. The monoisotopic (exact) mass is 264 g/mol. The van der Waals surface area contributed by atoms with E-state index in [9.17, 15) is 9.90 Å². The van der Waals surface area contributed by atoms with Gasteiger partial charge in [0.1, 0.15) is 0 Å². The van der Waals surface area contributed by atoms with Gasteiger partial charge in [-0.05, 0) is 33.5 Å². The Balaban J connectivity index is 2.41. The van der Waals surface area contributed by atoms with E-state index in [4.69, 9.17) is 0 Å².